The molecule has 3 rings (SSSR count). The number of nitrogens with one attached hydrogen (secondary N) is 1. The lowest BCUT2D eigenvalue weighted by Crippen LogP contribution is -2.21. The predicted octanol–water partition coefficient (Wildman–Crippen LogP) is 4.85. The van der Waals surface area contributed by atoms with Crippen LogP contribution < -0.4 is 5.43 Å². The molecule has 1 N–H and O–H groups in total. The number of amides is 1. The fourth-order valence-electron chi connectivity index (χ4n) is 2.55. The van der Waals surface area contributed by atoms with Crippen molar-refractivity contribution in [2.75, 3.05) is 0 Å². The monoisotopic (exact) mass is 320 g/mol. The molecular weight excluding hydrogens is 304 g/mol. The minimum absolute atomic E-state index is 0.215. The number of carbonyl (C=O) groups excluding carboxylic acids is 1. The average Bonchev–Trinajstić information content (AvgIpc) is 2.84. The summed E-state index contributed by atoms with van der Waals surface area (Å²) in [5.41, 5.74) is 3.74. The van der Waals surface area contributed by atoms with Crippen LogP contribution in [0.15, 0.2) is 29.4 Å². The van der Waals surface area contributed by atoms with Crippen molar-refractivity contribution >= 4 is 44.6 Å². The van der Waals surface area contributed by atoms with Gasteiger partial charge in [-0.2, -0.15) is 5.10 Å². The lowest BCUT2D eigenvalue weighted by Gasteiger charge is -2.18. The van der Waals surface area contributed by atoms with Gasteiger partial charge in [-0.1, -0.05) is 36.7 Å². The van der Waals surface area contributed by atoms with Crippen LogP contribution in [-0.4, -0.2) is 11.6 Å². The Morgan fingerprint density at radius 3 is 2.76 bits per heavy atom. The Morgan fingerprint density at radius 2 is 2.05 bits per heavy atom. The average molecular weight is 321 g/mol. The third kappa shape index (κ3) is 3.11. The van der Waals surface area contributed by atoms with Crippen LogP contribution in [0.3, 0.4) is 0 Å². The van der Waals surface area contributed by atoms with Crippen molar-refractivity contribution < 1.29 is 4.79 Å². The summed E-state index contributed by atoms with van der Waals surface area (Å²) in [4.78, 5) is 12.8. The number of thiophene rings is 1. The first-order valence-corrected chi connectivity index (χ1v) is 8.37. The minimum Gasteiger partial charge on any atom is -0.266 e. The molecule has 1 aromatic carbocycles. The van der Waals surface area contributed by atoms with E-state index >= 15 is 0 Å². The van der Waals surface area contributed by atoms with Crippen LogP contribution in [0.2, 0.25) is 5.02 Å². The maximum atomic E-state index is 12.2. The summed E-state index contributed by atoms with van der Waals surface area (Å²) in [6.45, 7) is 2.26. The fraction of sp³-hybridized carbons (Fsp3) is 0.375. The Kier molecular flexibility index (Phi) is 4.27. The van der Waals surface area contributed by atoms with Gasteiger partial charge in [-0.25, -0.2) is 5.43 Å². The molecule has 0 radical (unpaired) electrons. The van der Waals surface area contributed by atoms with Crippen molar-refractivity contribution in [3.05, 3.63) is 34.2 Å². The molecule has 1 saturated carbocycles. The molecule has 0 atom stereocenters. The zero-order valence-electron chi connectivity index (χ0n) is 11.9. The van der Waals surface area contributed by atoms with Gasteiger partial charge < -0.3 is 0 Å². The second kappa shape index (κ2) is 6.16. The van der Waals surface area contributed by atoms with Gasteiger partial charge in [0.1, 0.15) is 4.88 Å². The maximum Gasteiger partial charge on any atom is 0.283 e. The largest absolute Gasteiger partial charge is 0.283 e. The highest BCUT2D eigenvalue weighted by Gasteiger charge is 2.18. The molecule has 0 aliphatic heterocycles. The maximum absolute atomic E-state index is 12.2. The third-order valence-corrected chi connectivity index (χ3v) is 5.58. The Morgan fingerprint density at radius 1 is 1.33 bits per heavy atom. The Labute approximate surface area is 133 Å². The van der Waals surface area contributed by atoms with Crippen LogP contribution >= 0.6 is 22.9 Å². The SMILES string of the molecule is CC1CCC(=NNC(=O)c2sc3ccccc3c2Cl)CC1. The number of halogens is 1. The van der Waals surface area contributed by atoms with Gasteiger partial charge in [0.25, 0.3) is 5.91 Å². The van der Waals surface area contributed by atoms with Gasteiger partial charge in [-0.15, -0.1) is 11.3 Å². The summed E-state index contributed by atoms with van der Waals surface area (Å²) in [6.07, 6.45) is 4.25. The topological polar surface area (TPSA) is 41.5 Å². The van der Waals surface area contributed by atoms with Crippen molar-refractivity contribution in [1.82, 2.24) is 5.43 Å². The van der Waals surface area contributed by atoms with Crippen LogP contribution in [0.4, 0.5) is 0 Å². The lowest BCUT2D eigenvalue weighted by atomic mass is 9.90. The molecule has 0 unspecified atom stereocenters. The number of hydrazone groups is 1. The van der Waals surface area contributed by atoms with E-state index in [2.05, 4.69) is 17.5 Å². The fourth-order valence-corrected chi connectivity index (χ4v) is 3.95. The number of hydrogen-bond donors (Lipinski definition) is 1. The first-order valence-electron chi connectivity index (χ1n) is 7.18. The van der Waals surface area contributed by atoms with E-state index in [-0.39, 0.29) is 5.91 Å². The quantitative estimate of drug-likeness (QED) is 0.789. The number of benzene rings is 1. The van der Waals surface area contributed by atoms with Gasteiger partial charge in [0.05, 0.1) is 5.02 Å². The smallest absolute Gasteiger partial charge is 0.266 e. The number of rotatable bonds is 2. The van der Waals surface area contributed by atoms with Crippen LogP contribution in [0.25, 0.3) is 10.1 Å². The summed E-state index contributed by atoms with van der Waals surface area (Å²) in [5, 5.41) is 5.71. The molecule has 0 spiro atoms. The van der Waals surface area contributed by atoms with E-state index in [1.165, 1.54) is 11.3 Å². The predicted molar refractivity (Wildman–Crippen MR) is 89.4 cm³/mol. The van der Waals surface area contributed by atoms with E-state index in [0.29, 0.717) is 9.90 Å². The molecule has 1 aromatic heterocycles. The number of nitrogens with zero attached hydrogens (tertiary/aromatic N) is 1. The molecule has 1 heterocycles. The summed E-state index contributed by atoms with van der Waals surface area (Å²) in [6, 6.07) is 7.77. The molecular formula is C16H17ClN2OS. The van der Waals surface area contributed by atoms with Gasteiger partial charge in [-0.3, -0.25) is 4.79 Å². The summed E-state index contributed by atoms with van der Waals surface area (Å²) in [7, 11) is 0. The highest BCUT2D eigenvalue weighted by Crippen LogP contribution is 2.35. The standard InChI is InChI=1S/C16H17ClN2OS/c1-10-6-8-11(9-7-10)18-19-16(20)15-14(17)12-4-2-3-5-13(12)21-15/h2-5,10H,6-9H2,1H3,(H,19,20). The first kappa shape index (κ1) is 14.5. The van der Waals surface area contributed by atoms with Crippen molar-refractivity contribution in [2.24, 2.45) is 11.0 Å². The number of fused-ring (bicyclic) bond motifs is 1. The highest BCUT2D eigenvalue weighted by atomic mass is 35.5. The van der Waals surface area contributed by atoms with E-state index in [9.17, 15) is 4.79 Å². The zero-order valence-corrected chi connectivity index (χ0v) is 13.4. The van der Waals surface area contributed by atoms with Crippen LogP contribution in [-0.2, 0) is 0 Å². The molecule has 1 aliphatic rings. The minimum atomic E-state index is -0.215. The summed E-state index contributed by atoms with van der Waals surface area (Å²) >= 11 is 7.70. The number of carbonyl (C=O) groups is 1. The van der Waals surface area contributed by atoms with Crippen molar-refractivity contribution in [2.45, 2.75) is 32.6 Å². The first-order chi connectivity index (χ1) is 10.1. The Hall–Kier alpha value is -1.39. The second-order valence-electron chi connectivity index (χ2n) is 5.54. The van der Waals surface area contributed by atoms with Crippen LogP contribution in [0.1, 0.15) is 42.3 Å². The molecule has 21 heavy (non-hydrogen) atoms. The lowest BCUT2D eigenvalue weighted by molar-refractivity contribution is 0.0959. The molecule has 3 nitrogen and oxygen atoms in total. The van der Waals surface area contributed by atoms with E-state index < -0.39 is 0 Å². The Balaban J connectivity index is 1.75. The van der Waals surface area contributed by atoms with Crippen molar-refractivity contribution in [3.8, 4) is 0 Å². The van der Waals surface area contributed by atoms with Crippen molar-refractivity contribution in [3.63, 3.8) is 0 Å². The third-order valence-electron chi connectivity index (χ3n) is 3.91. The summed E-state index contributed by atoms with van der Waals surface area (Å²) in [5.74, 6) is 0.545. The second-order valence-corrected chi connectivity index (χ2v) is 6.97. The molecule has 1 fully saturated rings. The summed E-state index contributed by atoms with van der Waals surface area (Å²) < 4.78 is 1.02. The van der Waals surface area contributed by atoms with Gasteiger partial charge >= 0.3 is 0 Å². The molecule has 1 amide bonds. The molecule has 1 aliphatic carbocycles. The van der Waals surface area contributed by atoms with Gasteiger partial charge in [0.15, 0.2) is 0 Å². The normalized spacial score (nSPS) is 18.8. The molecule has 5 heteroatoms. The zero-order chi connectivity index (χ0) is 14.8. The van der Waals surface area contributed by atoms with E-state index in [1.54, 1.807) is 0 Å². The molecule has 0 bridgehead atoms. The Bertz CT molecular complexity index is 697. The van der Waals surface area contributed by atoms with E-state index in [1.807, 2.05) is 24.3 Å². The van der Waals surface area contributed by atoms with Gasteiger partial charge in [0.2, 0.25) is 0 Å². The van der Waals surface area contributed by atoms with Crippen LogP contribution in [0.5, 0.6) is 0 Å². The number of hydrogen-bond acceptors (Lipinski definition) is 3. The van der Waals surface area contributed by atoms with Gasteiger partial charge in [0, 0.05) is 15.8 Å². The van der Waals surface area contributed by atoms with E-state index in [0.717, 1.165) is 47.4 Å². The molecule has 0 saturated heterocycles. The molecule has 110 valence electrons. The highest BCUT2D eigenvalue weighted by molar-refractivity contribution is 7.21. The van der Waals surface area contributed by atoms with Crippen molar-refractivity contribution in [1.29, 1.82) is 0 Å². The van der Waals surface area contributed by atoms with E-state index in [4.69, 9.17) is 11.6 Å². The van der Waals surface area contributed by atoms with Gasteiger partial charge in [-0.05, 0) is 37.7 Å². The van der Waals surface area contributed by atoms with Crippen LogP contribution in [0, 0.1) is 5.92 Å². The molecule has 2 aromatic rings.